The van der Waals surface area contributed by atoms with Gasteiger partial charge in [-0.05, 0) is 31.7 Å². The molecule has 0 aromatic carbocycles. The van der Waals surface area contributed by atoms with Crippen molar-refractivity contribution in [3.63, 3.8) is 0 Å². The van der Waals surface area contributed by atoms with E-state index < -0.39 is 17.9 Å². The summed E-state index contributed by atoms with van der Waals surface area (Å²) in [5, 5.41) is 19.5. The molecule has 0 heterocycles. The Morgan fingerprint density at radius 3 is 2.60 bits per heavy atom. The number of nitrogens with two attached hydrogens (primary N) is 1. The van der Waals surface area contributed by atoms with Gasteiger partial charge in [0.25, 0.3) is 0 Å². The molecule has 0 aromatic rings. The van der Waals surface area contributed by atoms with Gasteiger partial charge in [-0.1, -0.05) is 12.7 Å². The Morgan fingerprint density at radius 1 is 1.60 bits per heavy atom. The Morgan fingerprint density at radius 2 is 2.20 bits per heavy atom. The van der Waals surface area contributed by atoms with E-state index in [1.165, 1.54) is 0 Å². The molecule has 0 bridgehead atoms. The third-order valence-corrected chi connectivity index (χ3v) is 1.67. The second-order valence-electron chi connectivity index (χ2n) is 2.81. The van der Waals surface area contributed by atoms with Gasteiger partial charge >= 0.3 is 35.5 Å². The number of hydrogen-bond acceptors (Lipinski definition) is 4. The minimum atomic E-state index is -1.09. The third kappa shape index (κ3) is 8.62. The van der Waals surface area contributed by atoms with E-state index >= 15 is 0 Å². The van der Waals surface area contributed by atoms with Crippen LogP contribution >= 0.6 is 0 Å². The predicted molar refractivity (Wildman–Crippen MR) is 52.0 cm³/mol. The summed E-state index contributed by atoms with van der Waals surface area (Å²) in [5.74, 6) is -1.68. The molecule has 0 aliphatic heterocycles. The van der Waals surface area contributed by atoms with Crippen LogP contribution in [-0.4, -0.2) is 29.6 Å². The minimum Gasteiger partial charge on any atom is -0.859 e. The number of hydrogen-bond donors (Lipinski definition) is 2. The summed E-state index contributed by atoms with van der Waals surface area (Å²) in [6.45, 7) is 3.73. The van der Waals surface area contributed by atoms with E-state index in [9.17, 15) is 9.90 Å². The van der Waals surface area contributed by atoms with Crippen LogP contribution in [0.1, 0.15) is 19.3 Å². The van der Waals surface area contributed by atoms with Gasteiger partial charge in [0.2, 0.25) is 0 Å². The van der Waals surface area contributed by atoms with E-state index in [1.54, 1.807) is 0 Å². The first-order valence-electron chi connectivity index (χ1n) is 4.42. The van der Waals surface area contributed by atoms with Crippen LogP contribution in [0.4, 0.5) is 0 Å². The summed E-state index contributed by atoms with van der Waals surface area (Å²) in [6.07, 6.45) is 2.73. The van der Waals surface area contributed by atoms with Crippen LogP contribution in [0, 0.1) is 0 Å². The Bertz CT molecular complexity index is 231. The molecule has 0 amide bonds. The van der Waals surface area contributed by atoms with Crippen LogP contribution in [0.5, 0.6) is 0 Å². The van der Waals surface area contributed by atoms with Crippen molar-refractivity contribution in [3.05, 3.63) is 12.7 Å². The molecule has 1 atom stereocenters. The number of nitrogens with zero attached hydrogens (tertiary/aromatic N) is 1. The average Bonchev–Trinajstić information content (AvgIpc) is 2.16. The molecule has 6 heteroatoms. The number of rotatable bonds is 7. The van der Waals surface area contributed by atoms with Crippen molar-refractivity contribution >= 4 is 11.9 Å². The molecule has 0 rings (SSSR count). The maximum absolute atomic E-state index is 10.8. The zero-order chi connectivity index (χ0) is 11.0. The van der Waals surface area contributed by atoms with E-state index in [0.29, 0.717) is 19.4 Å². The van der Waals surface area contributed by atoms with E-state index in [2.05, 4.69) is 11.6 Å². The molecule has 3 N–H and O–H groups in total. The fourth-order valence-corrected chi connectivity index (χ4v) is 0.932. The molecule has 0 saturated heterocycles. The van der Waals surface area contributed by atoms with Crippen molar-refractivity contribution in [3.8, 4) is 0 Å². The largest absolute Gasteiger partial charge is 1.00 e. The number of aliphatic carboxylic acids is 1. The summed E-state index contributed by atoms with van der Waals surface area (Å²) >= 11 is 0. The van der Waals surface area contributed by atoms with Crippen molar-refractivity contribution < 1.29 is 44.6 Å². The molecular weight excluding hydrogens is 207 g/mol. The number of carboxylic acids is 1. The molecule has 15 heavy (non-hydrogen) atoms. The van der Waals surface area contributed by atoms with Crippen LogP contribution in [-0.2, 0) is 4.79 Å². The predicted octanol–water partition coefficient (Wildman–Crippen LogP) is -3.48. The Kier molecular flexibility index (Phi) is 11.6. The van der Waals surface area contributed by atoms with Crippen molar-refractivity contribution in [1.82, 2.24) is 0 Å². The quantitative estimate of drug-likeness (QED) is 0.202. The minimum absolute atomic E-state index is 0. The summed E-state index contributed by atoms with van der Waals surface area (Å²) in [5.41, 5.74) is 5.26. The Hall–Kier alpha value is -0.360. The molecule has 0 aromatic heterocycles. The van der Waals surface area contributed by atoms with E-state index in [4.69, 9.17) is 10.8 Å². The fraction of sp³-hybridized carbons (Fsp3) is 0.556. The molecule has 80 valence electrons. The van der Waals surface area contributed by atoms with Gasteiger partial charge in [-0.2, -0.15) is 0 Å². The Balaban J connectivity index is 0. The van der Waals surface area contributed by atoms with Crippen molar-refractivity contribution in [2.45, 2.75) is 25.3 Å². The van der Waals surface area contributed by atoms with Gasteiger partial charge in [0.15, 0.2) is 0 Å². The van der Waals surface area contributed by atoms with Crippen LogP contribution in [0.25, 0.3) is 0 Å². The number of aliphatic imine (C=N–C) groups is 1. The number of carboxylic acid groups (broad SMARTS) is 1. The zero-order valence-electron chi connectivity index (χ0n) is 8.98. The van der Waals surface area contributed by atoms with E-state index in [1.807, 2.05) is 0 Å². The molecule has 5 nitrogen and oxygen atoms in total. The standard InChI is InChI=1S/C9H16N2O3.Na/c1-2-8(12)11-7(9(13)14)5-3-4-6-10;/h2,7H,1,3-6,10H2,(H,11,12)(H,13,14);/q;+1/p-1/t7-;/m1./s1. The molecule has 0 radical (unpaired) electrons. The van der Waals surface area contributed by atoms with Gasteiger partial charge in [-0.15, -0.1) is 0 Å². The van der Waals surface area contributed by atoms with E-state index in [-0.39, 0.29) is 29.6 Å². The summed E-state index contributed by atoms with van der Waals surface area (Å²) in [6, 6.07) is -0.966. The summed E-state index contributed by atoms with van der Waals surface area (Å²) < 4.78 is 0. The molecule has 0 saturated carbocycles. The molecular formula is C9H15N2NaO3. The monoisotopic (exact) mass is 222 g/mol. The van der Waals surface area contributed by atoms with Crippen molar-refractivity contribution in [1.29, 1.82) is 0 Å². The first kappa shape index (κ1) is 17.0. The first-order valence-corrected chi connectivity index (χ1v) is 4.42. The zero-order valence-corrected chi connectivity index (χ0v) is 11.0. The smallest absolute Gasteiger partial charge is 0.859 e. The third-order valence-electron chi connectivity index (χ3n) is 1.67. The first-order chi connectivity index (χ1) is 6.61. The molecule has 0 aliphatic carbocycles. The average molecular weight is 222 g/mol. The SMILES string of the molecule is C=CC([O-])=N[C@H](CCCCN)C(=O)O.[Na+]. The number of carbonyl (C=O) groups is 1. The summed E-state index contributed by atoms with van der Waals surface area (Å²) in [7, 11) is 0. The van der Waals surface area contributed by atoms with Crippen LogP contribution in [0.2, 0.25) is 0 Å². The topological polar surface area (TPSA) is 98.7 Å². The normalized spacial score (nSPS) is 12.7. The fourth-order valence-electron chi connectivity index (χ4n) is 0.932. The molecule has 0 spiro atoms. The van der Waals surface area contributed by atoms with Gasteiger partial charge in [-0.3, -0.25) is 4.99 Å². The van der Waals surface area contributed by atoms with Gasteiger partial charge in [0.05, 0.1) is 0 Å². The van der Waals surface area contributed by atoms with Crippen LogP contribution in [0.3, 0.4) is 0 Å². The van der Waals surface area contributed by atoms with Gasteiger partial charge < -0.3 is 15.9 Å². The number of unbranched alkanes of at least 4 members (excludes halogenated alkanes) is 1. The maximum atomic E-state index is 10.8. The molecule has 0 unspecified atom stereocenters. The van der Waals surface area contributed by atoms with Crippen molar-refractivity contribution in [2.75, 3.05) is 6.54 Å². The van der Waals surface area contributed by atoms with Gasteiger partial charge in [-0.25, -0.2) is 4.79 Å². The van der Waals surface area contributed by atoms with Gasteiger partial charge in [0.1, 0.15) is 6.04 Å². The van der Waals surface area contributed by atoms with Crippen LogP contribution < -0.4 is 40.4 Å². The molecule has 0 aliphatic rings. The van der Waals surface area contributed by atoms with Crippen molar-refractivity contribution in [2.24, 2.45) is 10.7 Å². The summed E-state index contributed by atoms with van der Waals surface area (Å²) in [4.78, 5) is 14.1. The molecule has 0 fully saturated rings. The maximum Gasteiger partial charge on any atom is 1.00 e. The Labute approximate surface area is 111 Å². The van der Waals surface area contributed by atoms with Crippen LogP contribution in [0.15, 0.2) is 17.6 Å². The van der Waals surface area contributed by atoms with E-state index in [0.717, 1.165) is 12.5 Å². The van der Waals surface area contributed by atoms with Gasteiger partial charge in [0, 0.05) is 0 Å². The second kappa shape index (κ2) is 10.2. The second-order valence-corrected chi connectivity index (χ2v) is 2.81.